The number of carboxylic acid groups (broad SMARTS) is 1. The second kappa shape index (κ2) is 12.0. The van der Waals surface area contributed by atoms with Crippen molar-refractivity contribution in [3.8, 4) is 0 Å². The summed E-state index contributed by atoms with van der Waals surface area (Å²) < 4.78 is 0. The van der Waals surface area contributed by atoms with Gasteiger partial charge in [-0.15, -0.1) is 0 Å². The third-order valence-corrected chi connectivity index (χ3v) is 1.94. The van der Waals surface area contributed by atoms with Gasteiger partial charge < -0.3 is 10.4 Å². The number of carbonyl (C=O) groups is 2. The average molecular weight is 224 g/mol. The Balaban J connectivity index is 0. The Kier molecular flexibility index (Phi) is 13.9. The molecule has 0 spiro atoms. The molecule has 0 bridgehead atoms. The normalized spacial score (nSPS) is 9.13. The number of carboxylic acids is 1. The van der Waals surface area contributed by atoms with Crippen LogP contribution in [0.4, 0.5) is 0 Å². The van der Waals surface area contributed by atoms with E-state index in [2.05, 4.69) is 12.2 Å². The molecule has 0 aliphatic rings. The zero-order chi connectivity index (χ0) is 10.8. The van der Waals surface area contributed by atoms with Gasteiger partial charge in [-0.1, -0.05) is 32.6 Å². The summed E-state index contributed by atoms with van der Waals surface area (Å²) in [5, 5.41) is 10.6. The van der Waals surface area contributed by atoms with Crippen LogP contribution in [0, 0.1) is 0 Å². The Morgan fingerprint density at radius 2 is 1.73 bits per heavy atom. The van der Waals surface area contributed by atoms with Gasteiger partial charge in [0, 0.05) is 36.0 Å². The molecule has 0 atom stereocenters. The van der Waals surface area contributed by atoms with E-state index in [0.717, 1.165) is 19.3 Å². The maximum atomic E-state index is 11.0. The number of aliphatic carboxylic acids is 1. The van der Waals surface area contributed by atoms with Crippen molar-refractivity contribution in [1.82, 2.24) is 5.32 Å². The number of hydrogen-bond acceptors (Lipinski definition) is 2. The second-order valence-electron chi connectivity index (χ2n) is 3.33. The van der Waals surface area contributed by atoms with E-state index in [1.165, 1.54) is 12.8 Å². The van der Waals surface area contributed by atoms with Gasteiger partial charge in [-0.3, -0.25) is 9.59 Å². The maximum Gasteiger partial charge on any atom is 0.322 e. The van der Waals surface area contributed by atoms with Crippen LogP contribution in [0.25, 0.3) is 0 Å². The van der Waals surface area contributed by atoms with E-state index in [0.29, 0.717) is 6.42 Å². The molecule has 0 unspecified atom stereocenters. The molecule has 4 nitrogen and oxygen atoms in total. The molecule has 0 heterocycles. The van der Waals surface area contributed by atoms with Crippen molar-refractivity contribution in [2.24, 2.45) is 0 Å². The van der Waals surface area contributed by atoms with Gasteiger partial charge in [0.1, 0.15) is 6.54 Å². The summed E-state index contributed by atoms with van der Waals surface area (Å²) in [7, 11) is 0. The standard InChI is InChI=1S/C10H19NO3.Na/c1-2-3-4-5-6-7-9(12)11-8-10(13)14;/h2-8H2,1H3,(H,11,12)(H,13,14);. The summed E-state index contributed by atoms with van der Waals surface area (Å²) in [6.07, 6.45) is 5.89. The first-order valence-corrected chi connectivity index (χ1v) is 5.15. The molecular weight excluding hydrogens is 205 g/mol. The average Bonchev–Trinajstić information content (AvgIpc) is 2.14. The molecule has 5 heteroatoms. The van der Waals surface area contributed by atoms with Gasteiger partial charge in [-0.2, -0.15) is 0 Å². The number of carbonyl (C=O) groups excluding carboxylic acids is 1. The van der Waals surface area contributed by atoms with Crippen molar-refractivity contribution in [2.45, 2.75) is 45.4 Å². The van der Waals surface area contributed by atoms with Gasteiger partial charge >= 0.3 is 5.97 Å². The molecule has 2 N–H and O–H groups in total. The van der Waals surface area contributed by atoms with Crippen LogP contribution in [0.2, 0.25) is 0 Å². The second-order valence-corrected chi connectivity index (χ2v) is 3.33. The van der Waals surface area contributed by atoms with Crippen LogP contribution in [0.1, 0.15) is 45.4 Å². The number of nitrogens with one attached hydrogen (secondary N) is 1. The van der Waals surface area contributed by atoms with Crippen LogP contribution in [-0.2, 0) is 9.59 Å². The fraction of sp³-hybridized carbons (Fsp3) is 0.800. The van der Waals surface area contributed by atoms with Gasteiger partial charge in [0.25, 0.3) is 0 Å². The zero-order valence-corrected chi connectivity index (χ0v) is 11.7. The third kappa shape index (κ3) is 13.9. The van der Waals surface area contributed by atoms with Gasteiger partial charge in [0.05, 0.1) is 0 Å². The Labute approximate surface area is 113 Å². The third-order valence-electron chi connectivity index (χ3n) is 1.94. The van der Waals surface area contributed by atoms with E-state index in [4.69, 9.17) is 5.11 Å². The minimum absolute atomic E-state index is 0. The monoisotopic (exact) mass is 224 g/mol. The smallest absolute Gasteiger partial charge is 0.322 e. The van der Waals surface area contributed by atoms with E-state index >= 15 is 0 Å². The van der Waals surface area contributed by atoms with E-state index in [-0.39, 0.29) is 42.0 Å². The summed E-state index contributed by atoms with van der Waals surface area (Å²) >= 11 is 0. The first-order valence-electron chi connectivity index (χ1n) is 5.15. The van der Waals surface area contributed by atoms with Gasteiger partial charge in [-0.25, -0.2) is 0 Å². The molecule has 0 aromatic carbocycles. The molecular formula is C10H19NNaO3. The number of hydrogen-bond donors (Lipinski definition) is 2. The number of rotatable bonds is 8. The number of amides is 1. The Bertz CT molecular complexity index is 186. The fourth-order valence-corrected chi connectivity index (χ4v) is 1.15. The molecule has 0 aromatic heterocycles. The van der Waals surface area contributed by atoms with Gasteiger partial charge in [0.2, 0.25) is 5.91 Å². The Morgan fingerprint density at radius 1 is 1.13 bits per heavy atom. The first-order chi connectivity index (χ1) is 6.66. The minimum atomic E-state index is -0.996. The molecule has 0 saturated heterocycles. The van der Waals surface area contributed by atoms with Crippen molar-refractivity contribution in [1.29, 1.82) is 0 Å². The predicted octanol–water partition coefficient (Wildman–Crippen LogP) is 1.17. The van der Waals surface area contributed by atoms with E-state index in [1.54, 1.807) is 0 Å². The zero-order valence-electron chi connectivity index (χ0n) is 9.71. The molecule has 1 radical (unpaired) electrons. The van der Waals surface area contributed by atoms with E-state index < -0.39 is 5.97 Å². The quantitative estimate of drug-likeness (QED) is 0.480. The fourth-order valence-electron chi connectivity index (χ4n) is 1.15. The van der Waals surface area contributed by atoms with Crippen LogP contribution in [0.3, 0.4) is 0 Å². The molecule has 1 amide bonds. The van der Waals surface area contributed by atoms with Crippen molar-refractivity contribution in [3.63, 3.8) is 0 Å². The van der Waals surface area contributed by atoms with Crippen LogP contribution in [0.5, 0.6) is 0 Å². The molecule has 0 aromatic rings. The van der Waals surface area contributed by atoms with E-state index in [1.807, 2.05) is 0 Å². The van der Waals surface area contributed by atoms with Crippen molar-refractivity contribution in [2.75, 3.05) is 6.54 Å². The topological polar surface area (TPSA) is 66.4 Å². The SMILES string of the molecule is CCCCCCCC(=O)NCC(=O)O.[Na]. The predicted molar refractivity (Wildman–Crippen MR) is 59.8 cm³/mol. The van der Waals surface area contributed by atoms with E-state index in [9.17, 15) is 9.59 Å². The van der Waals surface area contributed by atoms with Gasteiger partial charge in [-0.05, 0) is 6.42 Å². The molecule has 0 rings (SSSR count). The first kappa shape index (κ1) is 17.3. The van der Waals surface area contributed by atoms with Crippen LogP contribution in [0.15, 0.2) is 0 Å². The largest absolute Gasteiger partial charge is 0.480 e. The summed E-state index contributed by atoms with van der Waals surface area (Å²) in [6.45, 7) is 1.87. The molecule has 0 aliphatic heterocycles. The summed E-state index contributed by atoms with van der Waals surface area (Å²) in [4.78, 5) is 21.1. The molecule has 0 saturated carbocycles. The molecule has 0 fully saturated rings. The van der Waals surface area contributed by atoms with Crippen LogP contribution < -0.4 is 5.32 Å². The van der Waals surface area contributed by atoms with Crippen LogP contribution >= 0.6 is 0 Å². The number of unbranched alkanes of at least 4 members (excludes halogenated alkanes) is 4. The Morgan fingerprint density at radius 3 is 2.27 bits per heavy atom. The summed E-state index contributed by atoms with van der Waals surface area (Å²) in [5.74, 6) is -1.16. The van der Waals surface area contributed by atoms with Crippen molar-refractivity contribution < 1.29 is 14.7 Å². The molecule has 0 aliphatic carbocycles. The molecule has 83 valence electrons. The van der Waals surface area contributed by atoms with Gasteiger partial charge in [0.15, 0.2) is 0 Å². The van der Waals surface area contributed by atoms with Crippen molar-refractivity contribution >= 4 is 41.4 Å². The van der Waals surface area contributed by atoms with Crippen molar-refractivity contribution in [3.05, 3.63) is 0 Å². The summed E-state index contributed by atoms with van der Waals surface area (Å²) in [5.41, 5.74) is 0. The maximum absolute atomic E-state index is 11.0. The summed E-state index contributed by atoms with van der Waals surface area (Å²) in [6, 6.07) is 0. The van der Waals surface area contributed by atoms with Crippen LogP contribution in [-0.4, -0.2) is 53.1 Å². The Hall–Kier alpha value is -0.0600. The molecule has 15 heavy (non-hydrogen) atoms. The minimum Gasteiger partial charge on any atom is -0.480 e.